The van der Waals surface area contributed by atoms with Crippen LogP contribution in [0.2, 0.25) is 0 Å². The van der Waals surface area contributed by atoms with E-state index < -0.39 is 0 Å². The SMILES string of the molecule is CCOc1ccc(C(=O)Nc2ccccc2Oc2ccccc2)cc1COc1cccc2ccccc12. The summed E-state index contributed by atoms with van der Waals surface area (Å²) in [6.07, 6.45) is 0. The molecule has 0 atom stereocenters. The molecule has 0 saturated heterocycles. The van der Waals surface area contributed by atoms with Crippen LogP contribution in [-0.4, -0.2) is 12.5 Å². The molecule has 1 N–H and O–H groups in total. The Labute approximate surface area is 216 Å². The molecule has 0 spiro atoms. The Morgan fingerprint density at radius 2 is 1.43 bits per heavy atom. The molecule has 5 nitrogen and oxygen atoms in total. The molecule has 0 bridgehead atoms. The minimum atomic E-state index is -0.251. The predicted molar refractivity (Wildman–Crippen MR) is 147 cm³/mol. The molecule has 5 aromatic carbocycles. The van der Waals surface area contributed by atoms with Crippen LogP contribution in [0.1, 0.15) is 22.8 Å². The molecule has 0 radical (unpaired) electrons. The van der Waals surface area contributed by atoms with E-state index >= 15 is 0 Å². The van der Waals surface area contributed by atoms with Crippen LogP contribution in [0.15, 0.2) is 115 Å². The molecule has 5 heteroatoms. The van der Waals surface area contributed by atoms with Crippen LogP contribution in [0.5, 0.6) is 23.0 Å². The first-order valence-corrected chi connectivity index (χ1v) is 12.2. The molecule has 0 aromatic heterocycles. The van der Waals surface area contributed by atoms with Crippen LogP contribution < -0.4 is 19.5 Å². The highest BCUT2D eigenvalue weighted by atomic mass is 16.5. The van der Waals surface area contributed by atoms with Crippen molar-refractivity contribution in [2.75, 3.05) is 11.9 Å². The van der Waals surface area contributed by atoms with Gasteiger partial charge in [-0.15, -0.1) is 0 Å². The van der Waals surface area contributed by atoms with E-state index in [0.29, 0.717) is 35.1 Å². The Morgan fingerprint density at radius 3 is 2.30 bits per heavy atom. The molecule has 5 rings (SSSR count). The van der Waals surface area contributed by atoms with E-state index in [-0.39, 0.29) is 12.5 Å². The van der Waals surface area contributed by atoms with Crippen molar-refractivity contribution in [3.05, 3.63) is 126 Å². The summed E-state index contributed by atoms with van der Waals surface area (Å²) in [6.45, 7) is 2.70. The van der Waals surface area contributed by atoms with Crippen molar-refractivity contribution in [1.29, 1.82) is 0 Å². The van der Waals surface area contributed by atoms with Gasteiger partial charge in [-0.05, 0) is 60.8 Å². The van der Waals surface area contributed by atoms with Crippen LogP contribution >= 0.6 is 0 Å². The fourth-order valence-corrected chi connectivity index (χ4v) is 4.08. The Balaban J connectivity index is 1.37. The van der Waals surface area contributed by atoms with Crippen molar-refractivity contribution in [2.24, 2.45) is 0 Å². The first kappa shape index (κ1) is 23.9. The number of nitrogens with one attached hydrogen (secondary N) is 1. The van der Waals surface area contributed by atoms with E-state index in [2.05, 4.69) is 17.4 Å². The number of rotatable bonds is 9. The molecule has 5 aromatic rings. The lowest BCUT2D eigenvalue weighted by atomic mass is 10.1. The van der Waals surface area contributed by atoms with Gasteiger partial charge in [0.2, 0.25) is 0 Å². The third-order valence-corrected chi connectivity index (χ3v) is 5.86. The second-order valence-electron chi connectivity index (χ2n) is 8.39. The Kier molecular flexibility index (Phi) is 7.32. The number of anilines is 1. The summed E-state index contributed by atoms with van der Waals surface area (Å²) in [7, 11) is 0. The maximum atomic E-state index is 13.2. The average molecular weight is 490 g/mol. The van der Waals surface area contributed by atoms with Crippen molar-refractivity contribution in [2.45, 2.75) is 13.5 Å². The van der Waals surface area contributed by atoms with E-state index in [9.17, 15) is 4.79 Å². The number of carbonyl (C=O) groups is 1. The second-order valence-corrected chi connectivity index (χ2v) is 8.39. The number of amides is 1. The van der Waals surface area contributed by atoms with E-state index in [4.69, 9.17) is 14.2 Å². The van der Waals surface area contributed by atoms with E-state index in [0.717, 1.165) is 22.1 Å². The molecule has 0 aliphatic heterocycles. The number of hydrogen-bond donors (Lipinski definition) is 1. The summed E-state index contributed by atoms with van der Waals surface area (Å²) in [5, 5.41) is 5.12. The van der Waals surface area contributed by atoms with Gasteiger partial charge in [0.25, 0.3) is 5.91 Å². The number of para-hydroxylation sites is 3. The highest BCUT2D eigenvalue weighted by molar-refractivity contribution is 6.05. The Hall–Kier alpha value is -4.77. The third kappa shape index (κ3) is 5.73. The van der Waals surface area contributed by atoms with Crippen LogP contribution in [0.4, 0.5) is 5.69 Å². The summed E-state index contributed by atoms with van der Waals surface area (Å²) >= 11 is 0. The number of hydrogen-bond acceptors (Lipinski definition) is 4. The minimum absolute atomic E-state index is 0.251. The fraction of sp³-hybridized carbons (Fsp3) is 0.0938. The first-order chi connectivity index (χ1) is 18.2. The molecule has 0 aliphatic carbocycles. The van der Waals surface area contributed by atoms with Crippen molar-refractivity contribution < 1.29 is 19.0 Å². The Bertz CT molecular complexity index is 1510. The molecule has 0 fully saturated rings. The van der Waals surface area contributed by atoms with E-state index in [1.54, 1.807) is 6.07 Å². The monoisotopic (exact) mass is 489 g/mol. The summed E-state index contributed by atoms with van der Waals surface area (Å²) in [5.41, 5.74) is 1.87. The zero-order valence-electron chi connectivity index (χ0n) is 20.5. The smallest absolute Gasteiger partial charge is 0.255 e. The van der Waals surface area contributed by atoms with Gasteiger partial charge in [0.15, 0.2) is 5.75 Å². The summed E-state index contributed by atoms with van der Waals surface area (Å²) in [4.78, 5) is 13.2. The van der Waals surface area contributed by atoms with Crippen molar-refractivity contribution in [3.8, 4) is 23.0 Å². The van der Waals surface area contributed by atoms with Gasteiger partial charge in [-0.1, -0.05) is 66.7 Å². The Morgan fingerprint density at radius 1 is 0.703 bits per heavy atom. The van der Waals surface area contributed by atoms with E-state index in [1.807, 2.05) is 104 Å². The summed E-state index contributed by atoms with van der Waals surface area (Å²) in [5.74, 6) is 2.47. The molecule has 0 heterocycles. The largest absolute Gasteiger partial charge is 0.493 e. The summed E-state index contributed by atoms with van der Waals surface area (Å²) < 4.78 is 18.0. The third-order valence-electron chi connectivity index (χ3n) is 5.86. The van der Waals surface area contributed by atoms with Crippen LogP contribution in [0, 0.1) is 0 Å². The van der Waals surface area contributed by atoms with Crippen LogP contribution in [0.3, 0.4) is 0 Å². The zero-order valence-corrected chi connectivity index (χ0v) is 20.5. The van der Waals surface area contributed by atoms with Gasteiger partial charge in [-0.25, -0.2) is 0 Å². The average Bonchev–Trinajstić information content (AvgIpc) is 2.94. The lowest BCUT2D eigenvalue weighted by Crippen LogP contribution is -2.13. The number of benzene rings is 5. The second kappa shape index (κ2) is 11.3. The van der Waals surface area contributed by atoms with Crippen molar-refractivity contribution in [3.63, 3.8) is 0 Å². The quantitative estimate of drug-likeness (QED) is 0.229. The number of fused-ring (bicyclic) bond motifs is 1. The molecule has 0 unspecified atom stereocenters. The normalized spacial score (nSPS) is 10.6. The molecule has 0 saturated carbocycles. The van der Waals surface area contributed by atoms with Crippen molar-refractivity contribution in [1.82, 2.24) is 0 Å². The molecular formula is C32H27NO4. The van der Waals surface area contributed by atoms with Gasteiger partial charge < -0.3 is 19.5 Å². The lowest BCUT2D eigenvalue weighted by Gasteiger charge is -2.15. The molecule has 1 amide bonds. The van der Waals surface area contributed by atoms with Crippen LogP contribution in [-0.2, 0) is 6.61 Å². The zero-order chi connectivity index (χ0) is 25.5. The first-order valence-electron chi connectivity index (χ1n) is 12.2. The minimum Gasteiger partial charge on any atom is -0.493 e. The topological polar surface area (TPSA) is 56.8 Å². The van der Waals surface area contributed by atoms with E-state index in [1.165, 1.54) is 0 Å². The standard InChI is InChI=1S/C32H27NO4/c1-2-35-29-20-19-24(21-25(29)22-36-30-18-10-12-23-11-6-7-15-27(23)30)32(34)33-28-16-8-9-17-31(28)37-26-13-4-3-5-14-26/h3-21H,2,22H2,1H3,(H,33,34). The van der Waals surface area contributed by atoms with Gasteiger partial charge in [0.05, 0.1) is 12.3 Å². The number of carbonyl (C=O) groups excluding carboxylic acids is 1. The molecule has 37 heavy (non-hydrogen) atoms. The highest BCUT2D eigenvalue weighted by Gasteiger charge is 2.14. The van der Waals surface area contributed by atoms with Gasteiger partial charge >= 0.3 is 0 Å². The number of ether oxygens (including phenoxy) is 3. The molecule has 184 valence electrons. The predicted octanol–water partition coefficient (Wildman–Crippen LogP) is 7.86. The van der Waals surface area contributed by atoms with Gasteiger partial charge in [-0.3, -0.25) is 4.79 Å². The summed E-state index contributed by atoms with van der Waals surface area (Å²) in [6, 6.07) is 36.3. The maximum absolute atomic E-state index is 13.2. The van der Waals surface area contributed by atoms with Crippen molar-refractivity contribution >= 4 is 22.4 Å². The van der Waals surface area contributed by atoms with Gasteiger partial charge in [0, 0.05) is 16.5 Å². The van der Waals surface area contributed by atoms with Gasteiger partial charge in [0.1, 0.15) is 23.9 Å². The maximum Gasteiger partial charge on any atom is 0.255 e. The molecule has 0 aliphatic rings. The fourth-order valence-electron chi connectivity index (χ4n) is 4.08. The van der Waals surface area contributed by atoms with Gasteiger partial charge in [-0.2, -0.15) is 0 Å². The highest BCUT2D eigenvalue weighted by Crippen LogP contribution is 2.31. The molecular weight excluding hydrogens is 462 g/mol. The lowest BCUT2D eigenvalue weighted by molar-refractivity contribution is 0.102. The van der Waals surface area contributed by atoms with Crippen LogP contribution in [0.25, 0.3) is 10.8 Å².